The normalized spacial score (nSPS) is 27.9. The van der Waals surface area contributed by atoms with Gasteiger partial charge >= 0.3 is 0 Å². The summed E-state index contributed by atoms with van der Waals surface area (Å²) < 4.78 is 41.0. The summed E-state index contributed by atoms with van der Waals surface area (Å²) in [5.41, 5.74) is 0.299. The Morgan fingerprint density at radius 2 is 1.87 bits per heavy atom. The van der Waals surface area contributed by atoms with Crippen molar-refractivity contribution in [3.05, 3.63) is 46.6 Å². The van der Waals surface area contributed by atoms with Crippen molar-refractivity contribution in [3.63, 3.8) is 0 Å². The highest BCUT2D eigenvalue weighted by atomic mass is 79.9. The van der Waals surface area contributed by atoms with E-state index in [0.29, 0.717) is 25.7 Å². The average Bonchev–Trinajstić information content (AvgIpc) is 2.70. The maximum absolute atomic E-state index is 13.1. The summed E-state index contributed by atoms with van der Waals surface area (Å²) in [6, 6.07) is 5.58. The first kappa shape index (κ1) is 23.4. The molecule has 3 rings (SSSR count). The number of rotatable bonds is 6. The molecule has 0 bridgehead atoms. The van der Waals surface area contributed by atoms with Crippen molar-refractivity contribution in [1.29, 1.82) is 0 Å². The van der Waals surface area contributed by atoms with Crippen molar-refractivity contribution in [3.8, 4) is 0 Å². The number of dihydropyridines is 1. The smallest absolute Gasteiger partial charge is 0.242 e. The average molecular weight is 521 g/mol. The van der Waals surface area contributed by atoms with Gasteiger partial charge in [0.15, 0.2) is 0 Å². The van der Waals surface area contributed by atoms with Crippen molar-refractivity contribution < 1.29 is 17.6 Å². The van der Waals surface area contributed by atoms with Gasteiger partial charge in [0.1, 0.15) is 11.3 Å². The molecule has 1 fully saturated rings. The maximum atomic E-state index is 13.1. The molecule has 1 aliphatic carbocycles. The van der Waals surface area contributed by atoms with Crippen molar-refractivity contribution in [1.82, 2.24) is 10.0 Å². The second-order valence-corrected chi connectivity index (χ2v) is 10.8. The van der Waals surface area contributed by atoms with Crippen LogP contribution in [0.15, 0.2) is 40.2 Å². The summed E-state index contributed by atoms with van der Waals surface area (Å²) in [5, 5.41) is 2.96. The summed E-state index contributed by atoms with van der Waals surface area (Å²) >= 11 is 9.24. The maximum Gasteiger partial charge on any atom is 0.242 e. The Labute approximate surface area is 189 Å². The minimum absolute atomic E-state index is 0.0643. The number of carbonyl (C=O) groups is 1. The van der Waals surface area contributed by atoms with Gasteiger partial charge in [-0.2, -0.15) is 0 Å². The van der Waals surface area contributed by atoms with Gasteiger partial charge in [-0.1, -0.05) is 39.7 Å². The van der Waals surface area contributed by atoms with E-state index in [1.807, 2.05) is 6.92 Å². The molecular formula is C20H24BrClFN3O3S. The Morgan fingerprint density at radius 1 is 1.23 bits per heavy atom. The van der Waals surface area contributed by atoms with E-state index in [4.69, 9.17) is 11.6 Å². The number of alkyl halides is 2. The second kappa shape index (κ2) is 9.89. The number of amides is 1. The molecule has 2 aliphatic rings. The van der Waals surface area contributed by atoms with Gasteiger partial charge in [-0.3, -0.25) is 9.79 Å². The van der Waals surface area contributed by atoms with Gasteiger partial charge < -0.3 is 5.32 Å². The number of nitrogens with one attached hydrogen (secondary N) is 2. The number of benzene rings is 1. The third-order valence-corrected chi connectivity index (χ3v) is 8.35. The number of aliphatic imine (C=N–C) groups is 1. The Morgan fingerprint density at radius 3 is 2.47 bits per heavy atom. The fourth-order valence-electron chi connectivity index (χ4n) is 3.59. The number of sulfonamides is 1. The van der Waals surface area contributed by atoms with Crippen LogP contribution in [-0.2, 0) is 14.8 Å². The molecule has 1 aromatic carbocycles. The van der Waals surface area contributed by atoms with E-state index in [0.717, 1.165) is 5.56 Å². The van der Waals surface area contributed by atoms with Gasteiger partial charge in [0, 0.05) is 18.2 Å². The third-order valence-electron chi connectivity index (χ3n) is 5.39. The van der Waals surface area contributed by atoms with Crippen molar-refractivity contribution in [2.24, 2.45) is 10.9 Å². The largest absolute Gasteiger partial charge is 0.349 e. The van der Waals surface area contributed by atoms with E-state index in [1.165, 1.54) is 24.4 Å². The molecular weight excluding hydrogens is 497 g/mol. The predicted molar refractivity (Wildman–Crippen MR) is 120 cm³/mol. The highest BCUT2D eigenvalue weighted by molar-refractivity contribution is 9.09. The second-order valence-electron chi connectivity index (χ2n) is 7.62. The standard InChI is InChI=1S/C20H24BrClFN3O3S/c1-12(13-2-6-15(23)7-3-13)25-20(27)14-4-8-16(9-5-14)26-30(28,29)17-10-18(21)19(22)24-11-17/h2-3,6-7,10-12,14,16,18-19,26H,4-5,8-9H2,1H3,(H,25,27)/t12-,14-,16-,18?,19?/m1/s1. The Kier molecular flexibility index (Phi) is 7.71. The number of hydrogen-bond acceptors (Lipinski definition) is 4. The van der Waals surface area contributed by atoms with E-state index < -0.39 is 15.5 Å². The summed E-state index contributed by atoms with van der Waals surface area (Å²) in [4.78, 5) is 16.3. The van der Waals surface area contributed by atoms with Crippen molar-refractivity contribution in [2.75, 3.05) is 0 Å². The monoisotopic (exact) mass is 519 g/mol. The van der Waals surface area contributed by atoms with Gasteiger partial charge in [-0.05, 0) is 56.4 Å². The lowest BCUT2D eigenvalue weighted by Crippen LogP contribution is -2.42. The highest BCUT2D eigenvalue weighted by Crippen LogP contribution is 2.28. The first-order chi connectivity index (χ1) is 14.2. The number of halogens is 3. The number of allylic oxidation sites excluding steroid dienone is 1. The van der Waals surface area contributed by atoms with Gasteiger partial charge in [0.05, 0.1) is 15.8 Å². The predicted octanol–water partition coefficient (Wildman–Crippen LogP) is 3.78. The number of nitrogens with zero attached hydrogens (tertiary/aromatic N) is 1. The quantitative estimate of drug-likeness (QED) is 0.442. The summed E-state index contributed by atoms with van der Waals surface area (Å²) in [6.07, 6.45) is 5.13. The molecule has 164 valence electrons. The van der Waals surface area contributed by atoms with Crippen molar-refractivity contribution in [2.45, 2.75) is 55.0 Å². The SMILES string of the molecule is C[C@@H](NC(=O)[C@H]1CC[C@H](NS(=O)(=O)C2=CC(Br)C(Cl)N=C2)CC1)c1ccc(F)cc1. The van der Waals surface area contributed by atoms with Crippen LogP contribution in [0.25, 0.3) is 0 Å². The van der Waals surface area contributed by atoms with Crippen LogP contribution in [0.4, 0.5) is 4.39 Å². The Balaban J connectivity index is 1.50. The van der Waals surface area contributed by atoms with Crippen LogP contribution in [0.2, 0.25) is 0 Å². The zero-order valence-corrected chi connectivity index (χ0v) is 19.6. The molecule has 0 spiro atoms. The molecule has 1 aliphatic heterocycles. The molecule has 2 unspecified atom stereocenters. The Hall–Kier alpha value is -1.29. The highest BCUT2D eigenvalue weighted by Gasteiger charge is 2.31. The zero-order valence-electron chi connectivity index (χ0n) is 16.4. The molecule has 0 saturated heterocycles. The van der Waals surface area contributed by atoms with Gasteiger partial charge in [-0.25, -0.2) is 17.5 Å². The van der Waals surface area contributed by atoms with Crippen LogP contribution in [0.3, 0.4) is 0 Å². The summed E-state index contributed by atoms with van der Waals surface area (Å²) in [7, 11) is -3.69. The van der Waals surface area contributed by atoms with Gasteiger partial charge in [-0.15, -0.1) is 0 Å². The van der Waals surface area contributed by atoms with E-state index in [1.54, 1.807) is 12.1 Å². The topological polar surface area (TPSA) is 87.6 Å². The van der Waals surface area contributed by atoms with E-state index >= 15 is 0 Å². The Bertz CT molecular complexity index is 931. The fraction of sp³-hybridized carbons (Fsp3) is 0.500. The lowest BCUT2D eigenvalue weighted by Gasteiger charge is -2.29. The fourth-order valence-corrected chi connectivity index (χ4v) is 5.65. The molecule has 1 saturated carbocycles. The van der Waals surface area contributed by atoms with E-state index in [9.17, 15) is 17.6 Å². The molecule has 3 atom stereocenters. The lowest BCUT2D eigenvalue weighted by molar-refractivity contribution is -0.126. The van der Waals surface area contributed by atoms with Crippen LogP contribution >= 0.6 is 27.5 Å². The summed E-state index contributed by atoms with van der Waals surface area (Å²) in [5.74, 6) is -0.555. The minimum Gasteiger partial charge on any atom is -0.349 e. The van der Waals surface area contributed by atoms with Crippen LogP contribution < -0.4 is 10.0 Å². The molecule has 1 aromatic rings. The number of carbonyl (C=O) groups excluding carboxylic acids is 1. The van der Waals surface area contributed by atoms with Gasteiger partial charge in [0.2, 0.25) is 15.9 Å². The molecule has 10 heteroatoms. The van der Waals surface area contributed by atoms with Crippen LogP contribution in [0.1, 0.15) is 44.2 Å². The molecule has 0 aromatic heterocycles. The molecule has 6 nitrogen and oxygen atoms in total. The van der Waals surface area contributed by atoms with E-state index in [-0.39, 0.29) is 39.5 Å². The zero-order chi connectivity index (χ0) is 21.9. The van der Waals surface area contributed by atoms with Gasteiger partial charge in [0.25, 0.3) is 0 Å². The minimum atomic E-state index is -3.69. The summed E-state index contributed by atoms with van der Waals surface area (Å²) in [6.45, 7) is 1.85. The van der Waals surface area contributed by atoms with E-state index in [2.05, 4.69) is 31.0 Å². The number of hydrogen-bond donors (Lipinski definition) is 2. The molecule has 0 radical (unpaired) electrons. The first-order valence-electron chi connectivity index (χ1n) is 9.77. The molecule has 1 amide bonds. The third kappa shape index (κ3) is 5.90. The van der Waals surface area contributed by atoms with Crippen LogP contribution in [0, 0.1) is 11.7 Å². The first-order valence-corrected chi connectivity index (χ1v) is 12.6. The van der Waals surface area contributed by atoms with Crippen LogP contribution in [0.5, 0.6) is 0 Å². The molecule has 1 heterocycles. The molecule has 2 N–H and O–H groups in total. The lowest BCUT2D eigenvalue weighted by atomic mass is 9.85. The molecule has 30 heavy (non-hydrogen) atoms. The van der Waals surface area contributed by atoms with Crippen molar-refractivity contribution >= 4 is 49.7 Å². The van der Waals surface area contributed by atoms with Crippen LogP contribution in [-0.4, -0.2) is 36.9 Å².